The molecule has 4 rings (SSSR count). The second kappa shape index (κ2) is 13.6. The van der Waals surface area contributed by atoms with E-state index >= 15 is 0 Å². The normalized spacial score (nSPS) is 14.5. The molecule has 42 heavy (non-hydrogen) atoms. The molecule has 1 heterocycles. The van der Waals surface area contributed by atoms with E-state index in [-0.39, 0.29) is 17.2 Å². The molecule has 220 valence electrons. The molecule has 3 aromatic rings. The van der Waals surface area contributed by atoms with Gasteiger partial charge in [-0.2, -0.15) is 13.2 Å². The van der Waals surface area contributed by atoms with Gasteiger partial charge < -0.3 is 14.8 Å². The van der Waals surface area contributed by atoms with E-state index in [9.17, 15) is 27.6 Å². The molecule has 0 saturated carbocycles. The fourth-order valence-corrected chi connectivity index (χ4v) is 5.70. The Morgan fingerprint density at radius 1 is 1.07 bits per heavy atom. The Labute approximate surface area is 266 Å². The molecule has 1 N–H and O–H groups in total. The summed E-state index contributed by atoms with van der Waals surface area (Å²) in [5.74, 6) is -0.651. The van der Waals surface area contributed by atoms with E-state index in [0.29, 0.717) is 49.0 Å². The van der Waals surface area contributed by atoms with E-state index in [1.807, 2.05) is 0 Å². The van der Waals surface area contributed by atoms with Crippen molar-refractivity contribution in [2.75, 3.05) is 18.5 Å². The average Bonchev–Trinajstić information content (AvgIpc) is 3.17. The van der Waals surface area contributed by atoms with Gasteiger partial charge in [-0.3, -0.25) is 19.3 Å². The van der Waals surface area contributed by atoms with Gasteiger partial charge >= 0.3 is 6.18 Å². The minimum Gasteiger partial charge on any atom is -0.490 e. The molecule has 0 spiro atoms. The number of amides is 3. The highest BCUT2D eigenvalue weighted by Crippen LogP contribution is 2.38. The number of hydrogen-bond donors (Lipinski definition) is 1. The Kier molecular flexibility index (Phi) is 10.3. The van der Waals surface area contributed by atoms with Gasteiger partial charge in [-0.25, -0.2) is 0 Å². The topological polar surface area (TPSA) is 84.9 Å². The number of nitrogens with zero attached hydrogens (tertiary/aromatic N) is 1. The Balaban J connectivity index is 1.48. The number of alkyl halides is 3. The van der Waals surface area contributed by atoms with Gasteiger partial charge in [0.15, 0.2) is 11.5 Å². The maximum atomic E-state index is 13.0. The van der Waals surface area contributed by atoms with Crippen LogP contribution >= 0.6 is 57.6 Å². The zero-order valence-corrected chi connectivity index (χ0v) is 26.0. The molecule has 0 radical (unpaired) electrons. The lowest BCUT2D eigenvalue weighted by Crippen LogP contribution is -2.36. The van der Waals surface area contributed by atoms with Crippen molar-refractivity contribution in [2.45, 2.75) is 19.7 Å². The highest BCUT2D eigenvalue weighted by molar-refractivity contribution is 14.1. The number of rotatable bonds is 9. The van der Waals surface area contributed by atoms with Gasteiger partial charge in [0.25, 0.3) is 11.1 Å². The van der Waals surface area contributed by atoms with E-state index in [4.69, 9.17) is 32.7 Å². The number of anilines is 1. The summed E-state index contributed by atoms with van der Waals surface area (Å²) in [4.78, 5) is 38.8. The van der Waals surface area contributed by atoms with Crippen molar-refractivity contribution < 1.29 is 37.0 Å². The lowest BCUT2D eigenvalue weighted by molar-refractivity contribution is -0.137. The van der Waals surface area contributed by atoms with Crippen LogP contribution in [0.3, 0.4) is 0 Å². The first kappa shape index (κ1) is 32.0. The van der Waals surface area contributed by atoms with Gasteiger partial charge in [-0.05, 0) is 101 Å². The summed E-state index contributed by atoms with van der Waals surface area (Å²) in [6.07, 6.45) is -3.10. The zero-order chi connectivity index (χ0) is 30.6. The van der Waals surface area contributed by atoms with Crippen LogP contribution in [0.15, 0.2) is 59.5 Å². The third-order valence-electron chi connectivity index (χ3n) is 5.65. The molecular weight excluding hydrogens is 731 g/mol. The Hall–Kier alpha value is -2.94. The number of halogens is 6. The molecule has 14 heteroatoms. The molecule has 0 unspecified atom stereocenters. The van der Waals surface area contributed by atoms with Crippen LogP contribution in [0.4, 0.5) is 23.7 Å². The van der Waals surface area contributed by atoms with Crippen LogP contribution in [0.5, 0.6) is 11.5 Å². The first-order valence-corrected chi connectivity index (χ1v) is 14.8. The first-order valence-electron chi connectivity index (χ1n) is 12.1. The Morgan fingerprint density at radius 2 is 1.83 bits per heavy atom. The van der Waals surface area contributed by atoms with Crippen molar-refractivity contribution in [2.24, 2.45) is 0 Å². The predicted molar refractivity (Wildman–Crippen MR) is 164 cm³/mol. The highest BCUT2D eigenvalue weighted by atomic mass is 127. The Bertz CT molecular complexity index is 1590. The molecule has 1 aliphatic heterocycles. The smallest absolute Gasteiger partial charge is 0.416 e. The van der Waals surface area contributed by atoms with Crippen LogP contribution in [0, 0.1) is 3.57 Å². The fourth-order valence-electron chi connectivity index (χ4n) is 3.76. The minimum atomic E-state index is -4.59. The van der Waals surface area contributed by atoms with Gasteiger partial charge in [0.2, 0.25) is 5.91 Å². The van der Waals surface area contributed by atoms with Crippen LogP contribution in [-0.4, -0.2) is 35.1 Å². The molecule has 3 amide bonds. The third kappa shape index (κ3) is 7.91. The summed E-state index contributed by atoms with van der Waals surface area (Å²) < 4.78 is 51.3. The number of hydrogen-bond acceptors (Lipinski definition) is 6. The van der Waals surface area contributed by atoms with Crippen LogP contribution in [0.25, 0.3) is 6.08 Å². The largest absolute Gasteiger partial charge is 0.490 e. The van der Waals surface area contributed by atoms with Crippen molar-refractivity contribution in [3.63, 3.8) is 0 Å². The van der Waals surface area contributed by atoms with Crippen LogP contribution in [-0.2, 0) is 22.4 Å². The van der Waals surface area contributed by atoms with Crippen LogP contribution in [0.1, 0.15) is 23.6 Å². The number of benzene rings is 3. The molecular formula is C28H20Cl2F3IN2O5S. The molecule has 0 bridgehead atoms. The van der Waals surface area contributed by atoms with Crippen molar-refractivity contribution in [3.05, 3.63) is 89.8 Å². The quantitative estimate of drug-likeness (QED) is 0.175. The van der Waals surface area contributed by atoms with Gasteiger partial charge in [0, 0.05) is 5.69 Å². The highest BCUT2D eigenvalue weighted by Gasteiger charge is 2.36. The summed E-state index contributed by atoms with van der Waals surface area (Å²) in [6.45, 7) is 1.66. The van der Waals surface area contributed by atoms with E-state index in [0.717, 1.165) is 28.7 Å². The summed E-state index contributed by atoms with van der Waals surface area (Å²) in [5.41, 5.74) is 0.277. The Morgan fingerprint density at radius 3 is 2.52 bits per heavy atom. The standard InChI is InChI=1S/C28H20Cl2F3IN2O5S/c1-2-40-22-10-16(9-21(34)25(22)41-14-15-6-7-19(29)20(30)8-15)11-23-26(38)36(27(39)42-23)13-24(37)35-18-5-3-4-17(12-18)28(31,32)33/h3-12H,2,13-14H2,1H3,(H,35,37)/b23-11-. The van der Waals surface area contributed by atoms with E-state index in [2.05, 4.69) is 27.9 Å². The average molecular weight is 751 g/mol. The maximum absolute atomic E-state index is 13.0. The van der Waals surface area contributed by atoms with Gasteiger partial charge in [-0.15, -0.1) is 0 Å². The summed E-state index contributed by atoms with van der Waals surface area (Å²) in [6, 6.07) is 12.6. The van der Waals surface area contributed by atoms with Crippen molar-refractivity contribution in [1.29, 1.82) is 0 Å². The lowest BCUT2D eigenvalue weighted by Gasteiger charge is -2.15. The maximum Gasteiger partial charge on any atom is 0.416 e. The number of carbonyl (C=O) groups excluding carboxylic acids is 3. The van der Waals surface area contributed by atoms with Crippen LogP contribution in [0.2, 0.25) is 10.0 Å². The molecule has 3 aromatic carbocycles. The summed E-state index contributed by atoms with van der Waals surface area (Å²) in [5, 5.41) is 2.43. The predicted octanol–water partition coefficient (Wildman–Crippen LogP) is 8.27. The number of carbonyl (C=O) groups is 3. The van der Waals surface area contributed by atoms with Gasteiger partial charge in [0.1, 0.15) is 13.2 Å². The number of nitrogens with one attached hydrogen (secondary N) is 1. The number of ether oxygens (including phenoxy) is 2. The van der Waals surface area contributed by atoms with Gasteiger partial charge in [-0.1, -0.05) is 35.3 Å². The minimum absolute atomic E-state index is 0.0644. The number of imide groups is 1. The molecule has 7 nitrogen and oxygen atoms in total. The molecule has 1 saturated heterocycles. The van der Waals surface area contributed by atoms with Crippen LogP contribution < -0.4 is 14.8 Å². The van der Waals surface area contributed by atoms with Crippen molar-refractivity contribution in [1.82, 2.24) is 4.90 Å². The zero-order valence-electron chi connectivity index (χ0n) is 21.6. The first-order chi connectivity index (χ1) is 19.8. The van der Waals surface area contributed by atoms with Gasteiger partial charge in [0.05, 0.1) is 30.7 Å². The number of thioether (sulfide) groups is 1. The molecule has 0 aromatic heterocycles. The fraction of sp³-hybridized carbons (Fsp3) is 0.179. The van der Waals surface area contributed by atoms with E-state index < -0.39 is 35.3 Å². The SMILES string of the molecule is CCOc1cc(/C=C2\SC(=O)N(CC(=O)Nc3cccc(C(F)(F)F)c3)C2=O)cc(I)c1OCc1ccc(Cl)c(Cl)c1. The molecule has 0 atom stereocenters. The molecule has 1 fully saturated rings. The second-order valence-electron chi connectivity index (χ2n) is 8.69. The summed E-state index contributed by atoms with van der Waals surface area (Å²) in [7, 11) is 0. The third-order valence-corrected chi connectivity index (χ3v) is 8.09. The molecule has 0 aliphatic carbocycles. The second-order valence-corrected chi connectivity index (χ2v) is 11.7. The summed E-state index contributed by atoms with van der Waals surface area (Å²) >= 11 is 14.8. The van der Waals surface area contributed by atoms with Crippen molar-refractivity contribution >= 4 is 86.4 Å². The molecule has 1 aliphatic rings. The van der Waals surface area contributed by atoms with Crippen molar-refractivity contribution in [3.8, 4) is 11.5 Å². The monoisotopic (exact) mass is 750 g/mol. The van der Waals surface area contributed by atoms with E-state index in [1.165, 1.54) is 12.1 Å². The van der Waals surface area contributed by atoms with E-state index in [1.54, 1.807) is 37.3 Å². The lowest BCUT2D eigenvalue weighted by atomic mass is 10.1.